The van der Waals surface area contributed by atoms with Gasteiger partial charge in [-0.05, 0) is 93.0 Å². The Bertz CT molecular complexity index is 1170. The van der Waals surface area contributed by atoms with Gasteiger partial charge in [-0.1, -0.05) is 37.6 Å². The quantitative estimate of drug-likeness (QED) is 0.171. The molecule has 3 rings (SSSR count). The molecule has 0 unspecified atom stereocenters. The minimum absolute atomic E-state index is 0.164. The minimum Gasteiger partial charge on any atom is -0.493 e. The van der Waals surface area contributed by atoms with Crippen molar-refractivity contribution in [1.82, 2.24) is 4.90 Å². The topological polar surface area (TPSA) is 88.6 Å². The van der Waals surface area contributed by atoms with E-state index in [1.165, 1.54) is 12.8 Å². The lowest BCUT2D eigenvalue weighted by molar-refractivity contribution is 0.0978. The summed E-state index contributed by atoms with van der Waals surface area (Å²) in [5.41, 5.74) is 9.84. The van der Waals surface area contributed by atoms with E-state index in [9.17, 15) is 4.79 Å². The van der Waals surface area contributed by atoms with E-state index in [1.54, 1.807) is 38.5 Å². The second kappa shape index (κ2) is 16.0. The number of carbonyl (C=O) groups is 1. The van der Waals surface area contributed by atoms with Gasteiger partial charge in [0.25, 0.3) is 0 Å². The minimum atomic E-state index is 0.164. The van der Waals surface area contributed by atoms with Crippen molar-refractivity contribution in [3.05, 3.63) is 77.9 Å². The van der Waals surface area contributed by atoms with Crippen molar-refractivity contribution in [3.63, 3.8) is 0 Å². The Labute approximate surface area is 221 Å². The van der Waals surface area contributed by atoms with E-state index < -0.39 is 0 Å². The summed E-state index contributed by atoms with van der Waals surface area (Å²) >= 11 is 0. The number of hydrogen-bond acceptors (Lipinski definition) is 6. The van der Waals surface area contributed by atoms with E-state index in [-0.39, 0.29) is 5.78 Å². The number of methoxy groups -OCH3 is 2. The molecule has 0 bridgehead atoms. The van der Waals surface area contributed by atoms with E-state index in [2.05, 4.69) is 24.9 Å². The van der Waals surface area contributed by atoms with Crippen molar-refractivity contribution in [2.24, 2.45) is 0 Å². The summed E-state index contributed by atoms with van der Waals surface area (Å²) < 4.78 is 10.4. The lowest BCUT2D eigenvalue weighted by Gasteiger charge is -2.15. The van der Waals surface area contributed by atoms with Crippen molar-refractivity contribution in [2.75, 3.05) is 40.1 Å². The van der Waals surface area contributed by atoms with Crippen LogP contribution in [-0.4, -0.2) is 45.0 Å². The zero-order valence-corrected chi connectivity index (χ0v) is 22.5. The molecule has 0 radical (unpaired) electrons. The molecule has 0 aliphatic carbocycles. The largest absolute Gasteiger partial charge is 0.493 e. The van der Waals surface area contributed by atoms with Gasteiger partial charge in [0.05, 0.1) is 25.9 Å². The zero-order valence-electron chi connectivity index (χ0n) is 22.5. The second-order valence-corrected chi connectivity index (χ2v) is 8.92. The molecule has 2 N–H and O–H groups in total. The Morgan fingerprint density at radius 2 is 1.57 bits per heavy atom. The fourth-order valence-electron chi connectivity index (χ4n) is 3.85. The normalized spacial score (nSPS) is 10.3. The Kier molecular flexibility index (Phi) is 12.7. The summed E-state index contributed by atoms with van der Waals surface area (Å²) in [6, 6.07) is 22.6. The number of carbonyl (C=O) groups excluding carboxylic acids is 1. The number of nitrogens with two attached hydrogens (primary N) is 1. The van der Waals surface area contributed by atoms with Crippen molar-refractivity contribution < 1.29 is 14.3 Å². The molecule has 0 saturated carbocycles. The summed E-state index contributed by atoms with van der Waals surface area (Å²) in [6.07, 6.45) is 5.02. The standard InChI is InChI=1S/C18H29NO3.C13H10N2/c1-5-6-12-19(2)13-8-7-9-16(20)15-10-11-17(21-3)18(14-15)22-4;14-9-10-3-1-4-11(7-10)12-5-2-6-13(15)8-12/h10-11,14H,5-9,12-13H2,1-4H3;1-8H,15H2. The highest BCUT2D eigenvalue weighted by Gasteiger charge is 2.10. The highest BCUT2D eigenvalue weighted by atomic mass is 16.5. The van der Waals surface area contributed by atoms with Crippen molar-refractivity contribution >= 4 is 11.5 Å². The van der Waals surface area contributed by atoms with Crippen molar-refractivity contribution in [2.45, 2.75) is 39.0 Å². The molecule has 0 atom stereocenters. The van der Waals surface area contributed by atoms with Crippen LogP contribution in [0.1, 0.15) is 54.9 Å². The van der Waals surface area contributed by atoms with Gasteiger partial charge in [-0.2, -0.15) is 5.26 Å². The number of ether oxygens (including phenoxy) is 2. The molecule has 0 fully saturated rings. The SMILES string of the molecule is CCCCN(C)CCCCC(=O)c1ccc(OC)c(OC)c1.N#Cc1cccc(-c2cccc(N)c2)c1. The Morgan fingerprint density at radius 3 is 2.22 bits per heavy atom. The van der Waals surface area contributed by atoms with Crippen molar-refractivity contribution in [1.29, 1.82) is 5.26 Å². The fourth-order valence-corrected chi connectivity index (χ4v) is 3.85. The molecule has 3 aromatic carbocycles. The molecule has 0 aromatic heterocycles. The van der Waals surface area contributed by atoms with Crippen LogP contribution < -0.4 is 15.2 Å². The van der Waals surface area contributed by atoms with Crippen molar-refractivity contribution in [3.8, 4) is 28.7 Å². The Balaban J connectivity index is 0.000000278. The van der Waals surface area contributed by atoms with Gasteiger partial charge < -0.3 is 20.1 Å². The van der Waals surface area contributed by atoms with Crippen LogP contribution in [0.2, 0.25) is 0 Å². The molecule has 6 nitrogen and oxygen atoms in total. The molecule has 0 aliphatic rings. The molecule has 6 heteroatoms. The van der Waals surface area contributed by atoms with Crippen LogP contribution in [0.25, 0.3) is 11.1 Å². The first-order chi connectivity index (χ1) is 17.9. The van der Waals surface area contributed by atoms with E-state index in [0.29, 0.717) is 29.0 Å². The highest BCUT2D eigenvalue weighted by Crippen LogP contribution is 2.28. The van der Waals surface area contributed by atoms with Gasteiger partial charge in [-0.3, -0.25) is 4.79 Å². The Morgan fingerprint density at radius 1 is 0.892 bits per heavy atom. The number of ketones is 1. The lowest BCUT2D eigenvalue weighted by Crippen LogP contribution is -2.20. The van der Waals surface area contributed by atoms with Gasteiger partial charge in [0.15, 0.2) is 17.3 Å². The van der Waals surface area contributed by atoms with E-state index in [4.69, 9.17) is 20.5 Å². The van der Waals surface area contributed by atoms with Crippen LogP contribution in [0.3, 0.4) is 0 Å². The molecule has 196 valence electrons. The molecular weight excluding hydrogens is 462 g/mol. The zero-order chi connectivity index (χ0) is 27.0. The van der Waals surface area contributed by atoms with Gasteiger partial charge in [0, 0.05) is 17.7 Å². The first-order valence-electron chi connectivity index (χ1n) is 12.7. The van der Waals surface area contributed by atoms with E-state index >= 15 is 0 Å². The van der Waals surface area contributed by atoms with Gasteiger partial charge in [-0.15, -0.1) is 0 Å². The third kappa shape index (κ3) is 9.98. The summed E-state index contributed by atoms with van der Waals surface area (Å²) in [6.45, 7) is 4.40. The lowest BCUT2D eigenvalue weighted by atomic mass is 10.0. The fraction of sp³-hybridized carbons (Fsp3) is 0.355. The number of nitrogens with zero attached hydrogens (tertiary/aromatic N) is 2. The van der Waals surface area contributed by atoms with E-state index in [1.807, 2.05) is 42.5 Å². The number of nitriles is 1. The van der Waals surface area contributed by atoms with Crippen LogP contribution in [0, 0.1) is 11.3 Å². The maximum absolute atomic E-state index is 12.2. The third-order valence-electron chi connectivity index (χ3n) is 6.00. The summed E-state index contributed by atoms with van der Waals surface area (Å²) in [5, 5.41) is 8.79. The van der Waals surface area contributed by atoms with Gasteiger partial charge in [0.1, 0.15) is 0 Å². The maximum Gasteiger partial charge on any atom is 0.163 e. The number of benzene rings is 3. The van der Waals surface area contributed by atoms with Gasteiger partial charge >= 0.3 is 0 Å². The number of rotatable bonds is 12. The molecule has 3 aromatic rings. The number of Topliss-reactive ketones (excluding diaryl/α,β-unsaturated/α-hetero) is 1. The van der Waals surface area contributed by atoms with Crippen LogP contribution in [0.15, 0.2) is 66.7 Å². The molecule has 0 spiro atoms. The number of unbranched alkanes of at least 4 members (excludes halogenated alkanes) is 2. The second-order valence-electron chi connectivity index (χ2n) is 8.92. The highest BCUT2D eigenvalue weighted by molar-refractivity contribution is 5.96. The van der Waals surface area contributed by atoms with Crippen LogP contribution >= 0.6 is 0 Å². The Hall–Kier alpha value is -3.82. The maximum atomic E-state index is 12.2. The predicted octanol–water partition coefficient (Wildman–Crippen LogP) is 6.60. The first-order valence-corrected chi connectivity index (χ1v) is 12.7. The smallest absolute Gasteiger partial charge is 0.163 e. The van der Waals surface area contributed by atoms with Gasteiger partial charge in [0.2, 0.25) is 0 Å². The molecule has 0 saturated heterocycles. The average Bonchev–Trinajstić information content (AvgIpc) is 2.94. The molecule has 37 heavy (non-hydrogen) atoms. The van der Waals surface area contributed by atoms with Crippen LogP contribution in [0.5, 0.6) is 11.5 Å². The molecule has 0 amide bonds. The number of nitrogen functional groups attached to an aromatic ring is 1. The molecular formula is C31H39N3O3. The van der Waals surface area contributed by atoms with Crippen LogP contribution in [-0.2, 0) is 0 Å². The summed E-state index contributed by atoms with van der Waals surface area (Å²) in [4.78, 5) is 14.6. The monoisotopic (exact) mass is 501 g/mol. The average molecular weight is 502 g/mol. The summed E-state index contributed by atoms with van der Waals surface area (Å²) in [5.74, 6) is 1.42. The molecule has 0 heterocycles. The predicted molar refractivity (Wildman–Crippen MR) is 151 cm³/mol. The van der Waals surface area contributed by atoms with Crippen LogP contribution in [0.4, 0.5) is 5.69 Å². The van der Waals surface area contributed by atoms with E-state index in [0.717, 1.165) is 42.7 Å². The number of hydrogen-bond donors (Lipinski definition) is 1. The summed E-state index contributed by atoms with van der Waals surface area (Å²) in [7, 11) is 5.32. The molecule has 0 aliphatic heterocycles. The first kappa shape index (κ1) is 29.4. The third-order valence-corrected chi connectivity index (χ3v) is 6.00. The van der Waals surface area contributed by atoms with Gasteiger partial charge in [-0.25, -0.2) is 0 Å². The number of anilines is 1.